The monoisotopic (exact) mass is 610 g/mol. The van der Waals surface area contributed by atoms with Gasteiger partial charge >= 0.3 is 0 Å². The first kappa shape index (κ1) is 32.5. The molecule has 0 atom stereocenters. The summed E-state index contributed by atoms with van der Waals surface area (Å²) in [5.74, 6) is 2.45. The van der Waals surface area contributed by atoms with Crippen LogP contribution in [0.25, 0.3) is 28.1 Å². The molecule has 1 aliphatic carbocycles. The molecule has 2 aromatic heterocycles. The Labute approximate surface area is 268 Å². The molecule has 6 rings (SSSR count). The molecule has 45 heavy (non-hydrogen) atoms. The van der Waals surface area contributed by atoms with Crippen LogP contribution in [0, 0.1) is 5.92 Å². The van der Waals surface area contributed by atoms with Crippen molar-refractivity contribution < 1.29 is 4.79 Å². The molecule has 3 aliphatic rings. The molecule has 0 radical (unpaired) electrons. The maximum atomic E-state index is 12.2. The van der Waals surface area contributed by atoms with Crippen molar-refractivity contribution in [2.45, 2.75) is 83.7 Å². The van der Waals surface area contributed by atoms with E-state index in [0.717, 1.165) is 98.2 Å². The molecule has 9 nitrogen and oxygen atoms in total. The average molecular weight is 611 g/mol. The van der Waals surface area contributed by atoms with Crippen molar-refractivity contribution >= 4 is 23.5 Å². The van der Waals surface area contributed by atoms with E-state index >= 15 is 0 Å². The first-order valence-electron chi connectivity index (χ1n) is 16.8. The summed E-state index contributed by atoms with van der Waals surface area (Å²) in [5, 5.41) is 12.0. The lowest BCUT2D eigenvalue weighted by Gasteiger charge is -2.42. The van der Waals surface area contributed by atoms with Gasteiger partial charge in [0, 0.05) is 67.9 Å². The number of nitrogens with one attached hydrogen (secondary N) is 2. The van der Waals surface area contributed by atoms with Crippen LogP contribution in [-0.4, -0.2) is 76.0 Å². The summed E-state index contributed by atoms with van der Waals surface area (Å²) in [6.07, 6.45) is 18.1. The molecule has 0 unspecified atom stereocenters. The third-order valence-corrected chi connectivity index (χ3v) is 9.90. The Morgan fingerprint density at radius 1 is 1.11 bits per heavy atom. The number of likely N-dealkylation sites (tertiary alicyclic amines) is 1. The number of aromatic nitrogens is 4. The second kappa shape index (κ2) is 15.0. The smallest absolute Gasteiger partial charge is 0.222 e. The molecular weight excluding hydrogens is 560 g/mol. The lowest BCUT2D eigenvalue weighted by molar-refractivity contribution is -0.130. The molecule has 1 amide bonds. The van der Waals surface area contributed by atoms with Crippen LogP contribution in [0.2, 0.25) is 0 Å². The van der Waals surface area contributed by atoms with E-state index in [9.17, 15) is 4.79 Å². The number of piperidine rings is 1. The fourth-order valence-corrected chi connectivity index (χ4v) is 7.09. The molecule has 240 valence electrons. The summed E-state index contributed by atoms with van der Waals surface area (Å²) in [4.78, 5) is 28.4. The third kappa shape index (κ3) is 7.19. The molecule has 0 bridgehead atoms. The van der Waals surface area contributed by atoms with Gasteiger partial charge in [-0.25, -0.2) is 9.97 Å². The summed E-state index contributed by atoms with van der Waals surface area (Å²) in [6.45, 7) is 9.03. The first-order chi connectivity index (χ1) is 22.0. The number of allylic oxidation sites excluding steroid dienone is 2. The number of carbonyl (C=O) groups is 1. The van der Waals surface area contributed by atoms with E-state index in [0.29, 0.717) is 24.2 Å². The molecule has 9 heteroatoms. The van der Waals surface area contributed by atoms with Crippen molar-refractivity contribution in [3.63, 3.8) is 0 Å². The third-order valence-electron chi connectivity index (χ3n) is 9.90. The fraction of sp³-hybridized carbons (Fsp3) is 0.528. The Bertz CT molecular complexity index is 1490. The van der Waals surface area contributed by atoms with Gasteiger partial charge in [-0.3, -0.25) is 14.5 Å². The largest absolute Gasteiger partial charge is 0.369 e. The van der Waals surface area contributed by atoms with Crippen LogP contribution in [-0.2, 0) is 4.79 Å². The van der Waals surface area contributed by atoms with Gasteiger partial charge in [-0.2, -0.15) is 5.10 Å². The van der Waals surface area contributed by atoms with Crippen LogP contribution in [0.1, 0.15) is 83.7 Å². The van der Waals surface area contributed by atoms with Crippen LogP contribution in [0.15, 0.2) is 53.9 Å². The summed E-state index contributed by atoms with van der Waals surface area (Å²) in [7, 11) is 3.78. The Kier molecular flexibility index (Phi) is 10.8. The molecule has 3 fully saturated rings. The predicted molar refractivity (Wildman–Crippen MR) is 184 cm³/mol. The molecule has 3 aromatic rings. The lowest BCUT2D eigenvalue weighted by atomic mass is 9.78. The first-order valence-corrected chi connectivity index (χ1v) is 16.8. The summed E-state index contributed by atoms with van der Waals surface area (Å²) in [6, 6.07) is 8.68. The zero-order valence-corrected chi connectivity index (χ0v) is 27.7. The number of nitrogens with zero attached hydrogens (tertiary/aromatic N) is 6. The van der Waals surface area contributed by atoms with Crippen LogP contribution >= 0.6 is 0 Å². The van der Waals surface area contributed by atoms with Gasteiger partial charge in [-0.1, -0.05) is 38.1 Å². The predicted octanol–water partition coefficient (Wildman–Crippen LogP) is 6.65. The van der Waals surface area contributed by atoms with Crippen LogP contribution in [0.4, 0.5) is 5.82 Å². The molecule has 2 N–H and O–H groups in total. The maximum Gasteiger partial charge on any atom is 0.222 e. The van der Waals surface area contributed by atoms with Crippen molar-refractivity contribution in [1.82, 2.24) is 30.0 Å². The highest BCUT2D eigenvalue weighted by molar-refractivity contribution is 6.09. The number of aliphatic imine (C=N–C) groups is 1. The average Bonchev–Trinajstić information content (AvgIpc) is 3.69. The zero-order chi connectivity index (χ0) is 31.8. The molecule has 1 saturated carbocycles. The van der Waals surface area contributed by atoms with Crippen molar-refractivity contribution in [2.24, 2.45) is 10.9 Å². The highest BCUT2D eigenvalue weighted by atomic mass is 16.2. The van der Waals surface area contributed by atoms with Crippen LogP contribution < -0.4 is 10.6 Å². The number of benzene rings is 1. The number of anilines is 1. The number of hydrogen-bond donors (Lipinski definition) is 2. The van der Waals surface area contributed by atoms with Crippen molar-refractivity contribution in [3.05, 3.63) is 54.5 Å². The second-order valence-electron chi connectivity index (χ2n) is 12.4. The van der Waals surface area contributed by atoms with Crippen molar-refractivity contribution in [2.75, 3.05) is 39.0 Å². The van der Waals surface area contributed by atoms with Gasteiger partial charge in [0.1, 0.15) is 5.82 Å². The van der Waals surface area contributed by atoms with Gasteiger partial charge in [0.05, 0.1) is 12.2 Å². The maximum absolute atomic E-state index is 12.2. The number of carbonyl (C=O) groups excluding carboxylic acids is 1. The van der Waals surface area contributed by atoms with E-state index in [1.165, 1.54) is 0 Å². The van der Waals surface area contributed by atoms with E-state index in [1.54, 1.807) is 7.05 Å². The summed E-state index contributed by atoms with van der Waals surface area (Å²) < 4.78 is 2.13. The summed E-state index contributed by atoms with van der Waals surface area (Å²) >= 11 is 0. The Hall–Kier alpha value is -3.85. The van der Waals surface area contributed by atoms with Gasteiger partial charge in [0.2, 0.25) is 5.91 Å². The van der Waals surface area contributed by atoms with Crippen molar-refractivity contribution in [1.29, 1.82) is 0 Å². The molecule has 4 heterocycles. The van der Waals surface area contributed by atoms with Gasteiger partial charge in [0.25, 0.3) is 0 Å². The van der Waals surface area contributed by atoms with E-state index < -0.39 is 0 Å². The minimum absolute atomic E-state index is 0.0489. The Balaban J connectivity index is 0.00000196. The SMILES string of the molecule is C/C=C(\C=NC)c1cccc(-c2ncc(-c3cnn(C4CCC5(CCC(=O)N5C)CC4)c3)c(NCC3CCNCC3)n2)c1.CC. The van der Waals surface area contributed by atoms with Crippen LogP contribution in [0.3, 0.4) is 0 Å². The zero-order valence-electron chi connectivity index (χ0n) is 27.7. The number of amides is 1. The standard InChI is InChI=1S/C34H44N8O.C2H6/c1-4-25(20-35-2)26-6-5-7-27(18-26)32-38-22-30(33(40-32)37-19-24-11-16-36-17-12-24)28-21-39-42(23-28)29-8-13-34(14-9-29)15-10-31(43)41(34)3;1-2/h4-7,18,20-24,29,36H,8-17,19H2,1-3H3,(H,37,38,40);1-2H3/b25-4+,35-20?;. The molecule has 2 aliphatic heterocycles. The Morgan fingerprint density at radius 2 is 1.89 bits per heavy atom. The van der Waals surface area contributed by atoms with Crippen molar-refractivity contribution in [3.8, 4) is 22.5 Å². The highest BCUT2D eigenvalue weighted by Gasteiger charge is 2.45. The van der Waals surface area contributed by atoms with E-state index in [-0.39, 0.29) is 11.4 Å². The quantitative estimate of drug-likeness (QED) is 0.277. The Morgan fingerprint density at radius 3 is 2.58 bits per heavy atom. The van der Waals surface area contributed by atoms with Gasteiger partial charge < -0.3 is 15.5 Å². The molecule has 1 spiro atoms. The highest BCUT2D eigenvalue weighted by Crippen LogP contribution is 2.44. The minimum atomic E-state index is 0.0489. The summed E-state index contributed by atoms with van der Waals surface area (Å²) in [5.41, 5.74) is 5.18. The second-order valence-corrected chi connectivity index (χ2v) is 12.4. The molecular formula is C36H50N8O. The molecule has 1 aromatic carbocycles. The lowest BCUT2D eigenvalue weighted by Crippen LogP contribution is -2.46. The van der Waals surface area contributed by atoms with Gasteiger partial charge in [-0.15, -0.1) is 0 Å². The normalized spacial score (nSPS) is 22.6. The molecule has 2 saturated heterocycles. The number of hydrogen-bond acceptors (Lipinski definition) is 7. The van der Waals surface area contributed by atoms with Gasteiger partial charge in [0.15, 0.2) is 5.82 Å². The van der Waals surface area contributed by atoms with Crippen LogP contribution in [0.5, 0.6) is 0 Å². The topological polar surface area (TPSA) is 100 Å². The minimum Gasteiger partial charge on any atom is -0.369 e. The van der Waals surface area contributed by atoms with Gasteiger partial charge in [-0.05, 0) is 88.1 Å². The van der Waals surface area contributed by atoms with E-state index in [1.807, 2.05) is 51.3 Å². The van der Waals surface area contributed by atoms with E-state index in [2.05, 4.69) is 56.8 Å². The fourth-order valence-electron chi connectivity index (χ4n) is 7.09. The van der Waals surface area contributed by atoms with E-state index in [4.69, 9.17) is 15.1 Å². The number of rotatable bonds is 8.